The van der Waals surface area contributed by atoms with Gasteiger partial charge in [0.25, 0.3) is 0 Å². The van der Waals surface area contributed by atoms with Crippen LogP contribution in [-0.2, 0) is 6.61 Å². The molecule has 88 valence electrons. The molecule has 0 spiro atoms. The first-order valence-electron chi connectivity index (χ1n) is 4.94. The van der Waals surface area contributed by atoms with Crippen molar-refractivity contribution in [1.29, 1.82) is 0 Å². The first kappa shape index (κ1) is 11.7. The highest BCUT2D eigenvalue weighted by Crippen LogP contribution is 2.20. The van der Waals surface area contributed by atoms with Crippen LogP contribution in [0.25, 0.3) is 0 Å². The maximum absolute atomic E-state index is 13.2. The summed E-state index contributed by atoms with van der Waals surface area (Å²) in [7, 11) is 0. The Bertz CT molecular complexity index is 534. The Balaban J connectivity index is 2.08. The minimum atomic E-state index is -0.466. The second-order valence-corrected chi connectivity index (χ2v) is 3.83. The lowest BCUT2D eigenvalue weighted by atomic mass is 10.2. The molecule has 0 radical (unpaired) electrons. The highest BCUT2D eigenvalue weighted by Gasteiger charge is 2.03. The summed E-state index contributed by atoms with van der Waals surface area (Å²) in [4.78, 5) is 3.88. The van der Waals surface area contributed by atoms with Crippen LogP contribution < -0.4 is 10.5 Å². The van der Waals surface area contributed by atoms with Gasteiger partial charge in [0.2, 0.25) is 0 Å². The van der Waals surface area contributed by atoms with Crippen molar-refractivity contribution < 1.29 is 9.13 Å². The van der Waals surface area contributed by atoms with E-state index in [0.717, 1.165) is 0 Å². The van der Waals surface area contributed by atoms with Crippen molar-refractivity contribution in [3.8, 4) is 5.75 Å². The molecule has 0 saturated carbocycles. The molecule has 0 unspecified atom stereocenters. The molecule has 1 heterocycles. The van der Waals surface area contributed by atoms with E-state index in [1.807, 2.05) is 0 Å². The molecule has 3 nitrogen and oxygen atoms in total. The smallest absolute Gasteiger partial charge is 0.166 e. The lowest BCUT2D eigenvalue weighted by molar-refractivity contribution is 0.306. The Morgan fingerprint density at radius 3 is 2.88 bits per heavy atom. The van der Waals surface area contributed by atoms with Gasteiger partial charge in [-0.3, -0.25) is 0 Å². The third kappa shape index (κ3) is 2.85. The highest BCUT2D eigenvalue weighted by atomic mass is 35.5. The van der Waals surface area contributed by atoms with Crippen molar-refractivity contribution in [3.05, 3.63) is 52.9 Å². The summed E-state index contributed by atoms with van der Waals surface area (Å²) in [5, 5.41) is 0.0923. The maximum atomic E-state index is 13.2. The zero-order chi connectivity index (χ0) is 12.3. The summed E-state index contributed by atoms with van der Waals surface area (Å²) in [5.74, 6) is 0.316. The predicted octanol–water partition coefficient (Wildman–Crippen LogP) is 3.04. The van der Waals surface area contributed by atoms with Gasteiger partial charge in [-0.05, 0) is 29.8 Å². The number of hydrogen-bond donors (Lipinski definition) is 1. The standard InChI is InChI=1S/C12H10ClFN2O/c13-9-4-3-8(6-10(9)14)7-17-11-2-1-5-16-12(11)15/h1-6H,7H2,(H2,15,16). The molecule has 0 aliphatic heterocycles. The van der Waals surface area contributed by atoms with Crippen LogP contribution in [0.15, 0.2) is 36.5 Å². The summed E-state index contributed by atoms with van der Waals surface area (Å²) >= 11 is 5.58. The number of hydrogen-bond acceptors (Lipinski definition) is 3. The fourth-order valence-electron chi connectivity index (χ4n) is 1.32. The molecule has 0 bridgehead atoms. The molecule has 0 saturated heterocycles. The Kier molecular flexibility index (Phi) is 3.44. The Morgan fingerprint density at radius 1 is 1.35 bits per heavy atom. The minimum absolute atomic E-state index is 0.0923. The van der Waals surface area contributed by atoms with Gasteiger partial charge < -0.3 is 10.5 Å². The first-order valence-corrected chi connectivity index (χ1v) is 5.32. The summed E-state index contributed by atoms with van der Waals surface area (Å²) < 4.78 is 18.6. The molecule has 1 aromatic heterocycles. The molecule has 0 fully saturated rings. The number of nitrogen functional groups attached to an aromatic ring is 1. The second kappa shape index (κ2) is 5.01. The largest absolute Gasteiger partial charge is 0.485 e. The molecule has 5 heteroatoms. The number of nitrogens with two attached hydrogens (primary N) is 1. The molecule has 0 amide bonds. The van der Waals surface area contributed by atoms with Gasteiger partial charge in [-0.15, -0.1) is 0 Å². The molecule has 0 aliphatic carbocycles. The van der Waals surface area contributed by atoms with Gasteiger partial charge in [0, 0.05) is 6.20 Å². The number of ether oxygens (including phenoxy) is 1. The molecule has 1 aromatic carbocycles. The molecule has 2 rings (SSSR count). The van der Waals surface area contributed by atoms with E-state index < -0.39 is 5.82 Å². The van der Waals surface area contributed by atoms with E-state index in [1.165, 1.54) is 12.1 Å². The summed E-state index contributed by atoms with van der Waals surface area (Å²) in [6, 6.07) is 7.93. The van der Waals surface area contributed by atoms with E-state index >= 15 is 0 Å². The van der Waals surface area contributed by atoms with Gasteiger partial charge in [0.15, 0.2) is 11.6 Å². The molecule has 0 atom stereocenters. The van der Waals surface area contributed by atoms with Crippen LogP contribution in [0.4, 0.5) is 10.2 Å². The Labute approximate surface area is 103 Å². The molecule has 2 aromatic rings. The molecular formula is C12H10ClFN2O. The van der Waals surface area contributed by atoms with Gasteiger partial charge in [-0.1, -0.05) is 17.7 Å². The molecule has 17 heavy (non-hydrogen) atoms. The fourth-order valence-corrected chi connectivity index (χ4v) is 1.43. The normalized spacial score (nSPS) is 10.2. The van der Waals surface area contributed by atoms with Crippen LogP contribution in [0.2, 0.25) is 5.02 Å². The quantitative estimate of drug-likeness (QED) is 0.913. The number of halogens is 2. The van der Waals surface area contributed by atoms with Crippen LogP contribution in [-0.4, -0.2) is 4.98 Å². The minimum Gasteiger partial charge on any atom is -0.485 e. The number of nitrogens with zero attached hydrogens (tertiary/aromatic N) is 1. The van der Waals surface area contributed by atoms with Crippen molar-refractivity contribution >= 4 is 17.4 Å². The van der Waals surface area contributed by atoms with Gasteiger partial charge >= 0.3 is 0 Å². The third-order valence-corrected chi connectivity index (χ3v) is 2.48. The van der Waals surface area contributed by atoms with Crippen LogP contribution >= 0.6 is 11.6 Å². The Hall–Kier alpha value is -1.81. The van der Waals surface area contributed by atoms with E-state index in [2.05, 4.69) is 4.98 Å². The van der Waals surface area contributed by atoms with Gasteiger partial charge in [0.1, 0.15) is 12.4 Å². The number of anilines is 1. The monoisotopic (exact) mass is 252 g/mol. The fraction of sp³-hybridized carbons (Fsp3) is 0.0833. The maximum Gasteiger partial charge on any atom is 0.166 e. The average molecular weight is 253 g/mol. The van der Waals surface area contributed by atoms with Crippen molar-refractivity contribution in [2.24, 2.45) is 0 Å². The summed E-state index contributed by atoms with van der Waals surface area (Å²) in [6.45, 7) is 0.212. The number of benzene rings is 1. The van der Waals surface area contributed by atoms with Gasteiger partial charge in [-0.2, -0.15) is 0 Å². The van der Waals surface area contributed by atoms with E-state index in [-0.39, 0.29) is 11.6 Å². The van der Waals surface area contributed by atoms with Crippen molar-refractivity contribution in [2.45, 2.75) is 6.61 Å². The number of rotatable bonds is 3. The SMILES string of the molecule is Nc1ncccc1OCc1ccc(Cl)c(F)c1. The molecular weight excluding hydrogens is 243 g/mol. The lowest BCUT2D eigenvalue weighted by Gasteiger charge is -2.08. The zero-order valence-electron chi connectivity index (χ0n) is 8.86. The van der Waals surface area contributed by atoms with Crippen LogP contribution in [0.3, 0.4) is 0 Å². The van der Waals surface area contributed by atoms with Crippen LogP contribution in [0, 0.1) is 5.82 Å². The average Bonchev–Trinajstić information content (AvgIpc) is 2.32. The van der Waals surface area contributed by atoms with Crippen molar-refractivity contribution in [3.63, 3.8) is 0 Å². The van der Waals surface area contributed by atoms with Gasteiger partial charge in [-0.25, -0.2) is 9.37 Å². The zero-order valence-corrected chi connectivity index (χ0v) is 9.62. The van der Waals surface area contributed by atoms with Gasteiger partial charge in [0.05, 0.1) is 5.02 Å². The van der Waals surface area contributed by atoms with Crippen molar-refractivity contribution in [2.75, 3.05) is 5.73 Å². The first-order chi connectivity index (χ1) is 8.16. The molecule has 0 aliphatic rings. The highest BCUT2D eigenvalue weighted by molar-refractivity contribution is 6.30. The summed E-state index contributed by atoms with van der Waals surface area (Å²) in [5.41, 5.74) is 6.28. The van der Waals surface area contributed by atoms with Crippen LogP contribution in [0.5, 0.6) is 5.75 Å². The van der Waals surface area contributed by atoms with E-state index in [9.17, 15) is 4.39 Å². The molecule has 2 N–H and O–H groups in total. The van der Waals surface area contributed by atoms with Crippen molar-refractivity contribution in [1.82, 2.24) is 4.98 Å². The van der Waals surface area contributed by atoms with E-state index in [0.29, 0.717) is 17.1 Å². The van der Waals surface area contributed by atoms with E-state index in [1.54, 1.807) is 24.4 Å². The number of aromatic nitrogens is 1. The summed E-state index contributed by atoms with van der Waals surface area (Å²) in [6.07, 6.45) is 1.57. The Morgan fingerprint density at radius 2 is 2.18 bits per heavy atom. The van der Waals surface area contributed by atoms with E-state index in [4.69, 9.17) is 22.1 Å². The topological polar surface area (TPSA) is 48.1 Å². The van der Waals surface area contributed by atoms with Crippen LogP contribution in [0.1, 0.15) is 5.56 Å². The second-order valence-electron chi connectivity index (χ2n) is 3.42. The predicted molar refractivity (Wildman–Crippen MR) is 64.4 cm³/mol. The number of pyridine rings is 1. The third-order valence-electron chi connectivity index (χ3n) is 2.18. The lowest BCUT2D eigenvalue weighted by Crippen LogP contribution is -2.00.